The van der Waals surface area contributed by atoms with Gasteiger partial charge in [0.15, 0.2) is 12.4 Å². The van der Waals surface area contributed by atoms with Gasteiger partial charge in [0.2, 0.25) is 9.60 Å². The quantitative estimate of drug-likeness (QED) is 0.217. The van der Waals surface area contributed by atoms with Crippen molar-refractivity contribution in [2.45, 2.75) is 57.6 Å². The van der Waals surface area contributed by atoms with Gasteiger partial charge in [0.1, 0.15) is 28.8 Å². The zero-order valence-corrected chi connectivity index (χ0v) is 30.0. The Morgan fingerprint density at radius 2 is 1.82 bits per heavy atom. The van der Waals surface area contributed by atoms with Crippen molar-refractivity contribution in [2.75, 3.05) is 23.8 Å². The highest BCUT2D eigenvalue weighted by Gasteiger charge is 2.31. The summed E-state index contributed by atoms with van der Waals surface area (Å²) < 4.78 is 43.9. The third-order valence-electron chi connectivity index (χ3n) is 7.89. The Labute approximate surface area is 301 Å². The number of anilines is 1. The van der Waals surface area contributed by atoms with Gasteiger partial charge in [-0.3, -0.25) is 24.0 Å². The van der Waals surface area contributed by atoms with E-state index in [-0.39, 0.29) is 51.5 Å². The molecule has 3 aliphatic heterocycles. The first-order chi connectivity index (χ1) is 23.8. The van der Waals surface area contributed by atoms with E-state index < -0.39 is 17.6 Å². The van der Waals surface area contributed by atoms with Crippen molar-refractivity contribution in [1.82, 2.24) is 18.3 Å². The van der Waals surface area contributed by atoms with Crippen LogP contribution >= 0.6 is 46.2 Å². The number of amides is 1. The molecule has 0 radical (unpaired) electrons. The molecule has 1 amide bonds. The number of rotatable bonds is 6. The predicted molar refractivity (Wildman–Crippen MR) is 187 cm³/mol. The largest absolute Gasteiger partial charge is 0.481 e. The number of carboxylic acid groups (broad SMARTS) is 1. The van der Waals surface area contributed by atoms with Crippen LogP contribution in [0.25, 0.3) is 0 Å². The first kappa shape index (κ1) is 35.6. The Kier molecular flexibility index (Phi) is 10.4. The van der Waals surface area contributed by atoms with Crippen molar-refractivity contribution < 1.29 is 28.2 Å². The fourth-order valence-electron chi connectivity index (χ4n) is 5.62. The van der Waals surface area contributed by atoms with Crippen LogP contribution in [0, 0.1) is 29.4 Å². The number of ether oxygens (including phenoxy) is 1. The average Bonchev–Trinajstić information content (AvgIpc) is 3.69. The van der Waals surface area contributed by atoms with E-state index >= 15 is 0 Å². The number of thioether (sulfide) groups is 1. The normalized spacial score (nSPS) is 16.6. The number of halogens is 3. The number of nitrogens with zero attached hydrogens (tertiary/aromatic N) is 7. The molecule has 5 heterocycles. The van der Waals surface area contributed by atoms with Crippen molar-refractivity contribution >= 4 is 75.2 Å². The van der Waals surface area contributed by atoms with Crippen LogP contribution in [-0.4, -0.2) is 54.2 Å². The smallest absolute Gasteiger partial charge is 0.325 e. The molecule has 12 nitrogen and oxygen atoms in total. The SMILES string of the molecule is C#CCN1C(=O)COc2cc(F)c(N=c3snc4n3CC(C)(C)C4)cc21.O=C(O)CSc1cc(N=c2sc(=O)n3n2CCCC3)c(F)cc1Cl. The van der Waals surface area contributed by atoms with Gasteiger partial charge in [-0.1, -0.05) is 31.4 Å². The number of aliphatic carboxylic acids is 1. The van der Waals surface area contributed by atoms with Gasteiger partial charge in [-0.25, -0.2) is 23.4 Å². The molecule has 0 saturated carbocycles. The zero-order chi connectivity index (χ0) is 35.7. The second-order valence-corrected chi connectivity index (χ2v) is 15.4. The summed E-state index contributed by atoms with van der Waals surface area (Å²) in [6.45, 7) is 6.35. The van der Waals surface area contributed by atoms with Crippen LogP contribution in [0.3, 0.4) is 0 Å². The lowest BCUT2D eigenvalue weighted by Gasteiger charge is -2.28. The summed E-state index contributed by atoms with van der Waals surface area (Å²) in [6.07, 6.45) is 8.08. The van der Waals surface area contributed by atoms with Crippen LogP contribution in [-0.2, 0) is 35.6 Å². The molecule has 50 heavy (non-hydrogen) atoms. The van der Waals surface area contributed by atoms with Gasteiger partial charge >= 0.3 is 10.8 Å². The zero-order valence-electron chi connectivity index (χ0n) is 26.8. The number of carboxylic acids is 1. The molecule has 0 spiro atoms. The molecule has 4 aromatic rings. The fraction of sp³-hybridized carbons (Fsp3) is 0.375. The number of fused-ring (bicyclic) bond motifs is 3. The maximum Gasteiger partial charge on any atom is 0.325 e. The minimum absolute atomic E-state index is 0.0370. The molecule has 0 saturated heterocycles. The van der Waals surface area contributed by atoms with Gasteiger partial charge in [-0.2, -0.15) is 4.37 Å². The number of aromatic nitrogens is 4. The van der Waals surface area contributed by atoms with Gasteiger partial charge in [-0.15, -0.1) is 18.2 Å². The third-order valence-corrected chi connectivity index (χ3v) is 11.0. The van der Waals surface area contributed by atoms with E-state index in [0.717, 1.165) is 60.8 Å². The highest BCUT2D eigenvalue weighted by molar-refractivity contribution is 8.00. The first-order valence-electron chi connectivity index (χ1n) is 15.3. The van der Waals surface area contributed by atoms with Gasteiger partial charge in [0, 0.05) is 48.5 Å². The van der Waals surface area contributed by atoms with Crippen LogP contribution in [0.2, 0.25) is 5.02 Å². The molecule has 0 fully saturated rings. The Balaban J connectivity index is 0.000000174. The minimum Gasteiger partial charge on any atom is -0.481 e. The van der Waals surface area contributed by atoms with E-state index in [4.69, 9.17) is 27.9 Å². The van der Waals surface area contributed by atoms with Crippen molar-refractivity contribution in [3.05, 3.63) is 66.0 Å². The summed E-state index contributed by atoms with van der Waals surface area (Å²) in [7, 11) is 0. The lowest BCUT2D eigenvalue weighted by molar-refractivity contribution is -0.134. The van der Waals surface area contributed by atoms with E-state index in [1.807, 2.05) is 4.57 Å². The van der Waals surface area contributed by atoms with Crippen molar-refractivity contribution in [2.24, 2.45) is 15.4 Å². The van der Waals surface area contributed by atoms with Gasteiger partial charge in [-0.05, 0) is 47.8 Å². The lowest BCUT2D eigenvalue weighted by Crippen LogP contribution is -2.39. The standard InChI is InChI=1S/C18H17FN4O2S.C14H13ClFN3O3S2/c1-4-5-22-13-7-12(11(19)6-14(13)25-9-16(22)24)20-17-23-10-18(2,3)8-15(23)21-26-17;15-8-5-9(16)10(6-11(8)23-7-12(20)21)17-13-18-3-1-2-4-19(18)14(22)24-13/h1,6-7H,5,8-10H2,2-3H3;5-6H,1-4,7H2,(H,20,21). The molecule has 0 bridgehead atoms. The third kappa shape index (κ3) is 7.58. The molecule has 18 heteroatoms. The average molecular weight is 762 g/mol. The Morgan fingerprint density at radius 3 is 2.56 bits per heavy atom. The van der Waals surface area contributed by atoms with Crippen molar-refractivity contribution in [3.8, 4) is 18.1 Å². The fourth-order valence-corrected chi connectivity index (χ4v) is 8.25. The van der Waals surface area contributed by atoms with Crippen LogP contribution < -0.4 is 24.1 Å². The number of carbonyl (C=O) groups is 2. The maximum absolute atomic E-state index is 14.5. The Bertz CT molecular complexity index is 2250. The van der Waals surface area contributed by atoms with Crippen LogP contribution in [0.15, 0.2) is 43.9 Å². The topological polar surface area (TPSA) is 136 Å². The molecule has 0 aliphatic carbocycles. The maximum atomic E-state index is 14.5. The summed E-state index contributed by atoms with van der Waals surface area (Å²) in [5.41, 5.74) is 0.715. The van der Waals surface area contributed by atoms with E-state index in [1.54, 1.807) is 9.36 Å². The molecule has 0 unspecified atom stereocenters. The minimum atomic E-state index is -0.992. The summed E-state index contributed by atoms with van der Waals surface area (Å²) >= 11 is 9.16. The highest BCUT2D eigenvalue weighted by atomic mass is 35.5. The Morgan fingerprint density at radius 1 is 1.12 bits per heavy atom. The molecule has 2 aromatic carbocycles. The van der Waals surface area contributed by atoms with Gasteiger partial charge in [0.05, 0.1) is 23.0 Å². The molecule has 3 aliphatic rings. The van der Waals surface area contributed by atoms with Crippen molar-refractivity contribution in [1.29, 1.82) is 0 Å². The van der Waals surface area contributed by atoms with Gasteiger partial charge < -0.3 is 14.4 Å². The summed E-state index contributed by atoms with van der Waals surface area (Å²) in [5.74, 6) is 1.13. The van der Waals surface area contributed by atoms with Crippen LogP contribution in [0.5, 0.6) is 5.75 Å². The van der Waals surface area contributed by atoms with E-state index in [2.05, 4.69) is 34.1 Å². The second kappa shape index (κ2) is 14.5. The molecule has 262 valence electrons. The molecular formula is C32H30ClF2N7O5S3. The summed E-state index contributed by atoms with van der Waals surface area (Å²) in [4.78, 5) is 46.2. The summed E-state index contributed by atoms with van der Waals surface area (Å²) in [6, 6.07) is 5.28. The summed E-state index contributed by atoms with van der Waals surface area (Å²) in [5, 5.41) is 8.90. The molecular weight excluding hydrogens is 732 g/mol. The predicted octanol–water partition coefficient (Wildman–Crippen LogP) is 4.96. The molecule has 1 N–H and O–H groups in total. The van der Waals surface area contributed by atoms with E-state index in [0.29, 0.717) is 39.0 Å². The highest BCUT2D eigenvalue weighted by Crippen LogP contribution is 2.38. The molecule has 0 atom stereocenters. The molecule has 7 rings (SSSR count). The Hall–Kier alpha value is -4.24. The number of carbonyl (C=O) groups excluding carboxylic acids is 1. The number of terminal acetylenes is 1. The van der Waals surface area contributed by atoms with Crippen molar-refractivity contribution in [3.63, 3.8) is 0 Å². The van der Waals surface area contributed by atoms with E-state index in [1.165, 1.54) is 34.6 Å². The van der Waals surface area contributed by atoms with Gasteiger partial charge in [0.25, 0.3) is 5.91 Å². The van der Waals surface area contributed by atoms with Crippen LogP contribution in [0.4, 0.5) is 25.8 Å². The monoisotopic (exact) mass is 761 g/mol. The first-order valence-corrected chi connectivity index (χ1v) is 18.3. The lowest BCUT2D eigenvalue weighted by atomic mass is 9.92. The second-order valence-electron chi connectivity index (χ2n) is 12.3. The molecule has 2 aromatic heterocycles. The van der Waals surface area contributed by atoms with Crippen LogP contribution in [0.1, 0.15) is 32.5 Å². The number of hydrogen-bond donors (Lipinski definition) is 1. The number of hydrogen-bond acceptors (Lipinski definition) is 10. The van der Waals surface area contributed by atoms with E-state index in [9.17, 15) is 23.2 Å². The number of benzene rings is 2.